The van der Waals surface area contributed by atoms with E-state index >= 15 is 0 Å². The number of piperidine rings is 1. The van der Waals surface area contributed by atoms with Gasteiger partial charge in [-0.05, 0) is 56.4 Å². The number of rotatable bonds is 5. The smallest absolute Gasteiger partial charge is 0.227 e. The molecule has 1 aliphatic rings. The molecule has 1 aliphatic heterocycles. The molecule has 28 heavy (non-hydrogen) atoms. The monoisotopic (exact) mass is 380 g/mol. The maximum absolute atomic E-state index is 12.6. The molecule has 5 nitrogen and oxygen atoms in total. The summed E-state index contributed by atoms with van der Waals surface area (Å²) in [4.78, 5) is 26.9. The van der Waals surface area contributed by atoms with Gasteiger partial charge in [-0.25, -0.2) is 0 Å². The Bertz CT molecular complexity index is 855. The Kier molecular flexibility index (Phi) is 6.34. The number of carbonyl (C=O) groups excluding carboxylic acids is 2. The van der Waals surface area contributed by atoms with Gasteiger partial charge >= 0.3 is 0 Å². The van der Waals surface area contributed by atoms with E-state index in [-0.39, 0.29) is 23.5 Å². The van der Waals surface area contributed by atoms with Gasteiger partial charge in [-0.3, -0.25) is 9.59 Å². The lowest BCUT2D eigenvalue weighted by molar-refractivity contribution is -0.134. The third kappa shape index (κ3) is 4.91. The van der Waals surface area contributed by atoms with Gasteiger partial charge in [0.05, 0.1) is 5.69 Å². The Balaban J connectivity index is 1.47. The van der Waals surface area contributed by atoms with E-state index in [4.69, 9.17) is 0 Å². The predicted octanol–water partition coefficient (Wildman–Crippen LogP) is 3.82. The summed E-state index contributed by atoms with van der Waals surface area (Å²) in [7, 11) is 0. The summed E-state index contributed by atoms with van der Waals surface area (Å²) in [5.41, 5.74) is 4.11. The molecule has 0 bridgehead atoms. The molecular formula is C23H28N2O3. The Morgan fingerprint density at radius 3 is 2.50 bits per heavy atom. The minimum Gasteiger partial charge on any atom is -0.506 e. The number of aryl methyl sites for hydroxylation is 3. The van der Waals surface area contributed by atoms with Crippen LogP contribution in [-0.2, 0) is 16.0 Å². The molecule has 148 valence electrons. The van der Waals surface area contributed by atoms with Crippen molar-refractivity contribution in [1.82, 2.24) is 4.90 Å². The third-order valence-corrected chi connectivity index (χ3v) is 5.49. The Hall–Kier alpha value is -2.82. The molecule has 0 unspecified atom stereocenters. The molecule has 1 heterocycles. The van der Waals surface area contributed by atoms with Crippen molar-refractivity contribution in [2.24, 2.45) is 5.92 Å². The summed E-state index contributed by atoms with van der Waals surface area (Å²) in [6.07, 6.45) is 2.54. The lowest BCUT2D eigenvalue weighted by atomic mass is 9.95. The number of para-hydroxylation sites is 2. The Morgan fingerprint density at radius 2 is 1.82 bits per heavy atom. The molecule has 1 fully saturated rings. The summed E-state index contributed by atoms with van der Waals surface area (Å²) in [5, 5.41) is 12.6. The molecule has 2 N–H and O–H groups in total. The molecule has 0 spiro atoms. The Labute approximate surface area is 166 Å². The number of nitrogens with one attached hydrogen (secondary N) is 1. The van der Waals surface area contributed by atoms with Crippen LogP contribution in [0.15, 0.2) is 42.5 Å². The van der Waals surface area contributed by atoms with E-state index in [0.29, 0.717) is 38.0 Å². The first-order valence-electron chi connectivity index (χ1n) is 9.87. The van der Waals surface area contributed by atoms with Crippen molar-refractivity contribution in [1.29, 1.82) is 0 Å². The standard InChI is InChI=1S/C23H28N2O3/c1-16-7-8-18(17(2)15-16)9-10-22(27)25-13-11-19(12-14-25)23(28)24-20-5-3-4-6-21(20)26/h3-8,15,19,26H,9-14H2,1-2H3,(H,24,28). The summed E-state index contributed by atoms with van der Waals surface area (Å²) in [6.45, 7) is 5.36. The summed E-state index contributed by atoms with van der Waals surface area (Å²) < 4.78 is 0. The van der Waals surface area contributed by atoms with E-state index in [1.54, 1.807) is 24.3 Å². The van der Waals surface area contributed by atoms with Crippen LogP contribution in [0, 0.1) is 19.8 Å². The van der Waals surface area contributed by atoms with Crippen molar-refractivity contribution >= 4 is 17.5 Å². The predicted molar refractivity (Wildman–Crippen MR) is 110 cm³/mol. The van der Waals surface area contributed by atoms with Gasteiger partial charge in [-0.15, -0.1) is 0 Å². The van der Waals surface area contributed by atoms with Crippen molar-refractivity contribution in [3.63, 3.8) is 0 Å². The minimum atomic E-state index is -0.136. The summed E-state index contributed by atoms with van der Waals surface area (Å²) in [5.74, 6) is -0.0127. The van der Waals surface area contributed by atoms with Crippen LogP contribution in [0.5, 0.6) is 5.75 Å². The number of hydrogen-bond donors (Lipinski definition) is 2. The van der Waals surface area contributed by atoms with Crippen molar-refractivity contribution in [2.45, 2.75) is 39.5 Å². The molecule has 2 amide bonds. The fraction of sp³-hybridized carbons (Fsp3) is 0.391. The second-order valence-corrected chi connectivity index (χ2v) is 7.59. The molecule has 3 rings (SSSR count). The number of benzene rings is 2. The van der Waals surface area contributed by atoms with Crippen molar-refractivity contribution in [3.05, 3.63) is 59.2 Å². The first-order valence-corrected chi connectivity index (χ1v) is 9.87. The molecule has 1 saturated heterocycles. The van der Waals surface area contributed by atoms with Gasteiger partial charge in [0.1, 0.15) is 5.75 Å². The first kappa shape index (κ1) is 19.9. The van der Waals surface area contributed by atoms with Crippen LogP contribution in [0.2, 0.25) is 0 Å². The average molecular weight is 380 g/mol. The minimum absolute atomic E-state index is 0.0647. The van der Waals surface area contributed by atoms with E-state index in [9.17, 15) is 14.7 Å². The molecule has 2 aromatic rings. The fourth-order valence-corrected chi connectivity index (χ4v) is 3.73. The van der Waals surface area contributed by atoms with Gasteiger partial charge in [0, 0.05) is 25.4 Å². The third-order valence-electron chi connectivity index (χ3n) is 5.49. The highest BCUT2D eigenvalue weighted by Gasteiger charge is 2.27. The molecule has 0 saturated carbocycles. The number of nitrogens with zero attached hydrogens (tertiary/aromatic N) is 1. The van der Waals surface area contributed by atoms with Gasteiger partial charge < -0.3 is 15.3 Å². The van der Waals surface area contributed by atoms with Crippen LogP contribution in [0.25, 0.3) is 0 Å². The van der Waals surface area contributed by atoms with Crippen LogP contribution in [0.4, 0.5) is 5.69 Å². The number of aromatic hydroxyl groups is 1. The summed E-state index contributed by atoms with van der Waals surface area (Å²) in [6, 6.07) is 13.1. The number of phenolic OH excluding ortho intramolecular Hbond substituents is 1. The maximum Gasteiger partial charge on any atom is 0.227 e. The van der Waals surface area contributed by atoms with Crippen LogP contribution < -0.4 is 5.32 Å². The number of carbonyl (C=O) groups is 2. The molecule has 0 aromatic heterocycles. The van der Waals surface area contributed by atoms with Crippen LogP contribution in [0.3, 0.4) is 0 Å². The van der Waals surface area contributed by atoms with Crippen molar-refractivity contribution in [2.75, 3.05) is 18.4 Å². The van der Waals surface area contributed by atoms with Crippen molar-refractivity contribution < 1.29 is 14.7 Å². The number of hydrogen-bond acceptors (Lipinski definition) is 3. The van der Waals surface area contributed by atoms with E-state index in [1.807, 2.05) is 4.90 Å². The highest BCUT2D eigenvalue weighted by molar-refractivity contribution is 5.94. The van der Waals surface area contributed by atoms with Crippen molar-refractivity contribution in [3.8, 4) is 5.75 Å². The van der Waals surface area contributed by atoms with E-state index < -0.39 is 0 Å². The lowest BCUT2D eigenvalue weighted by Crippen LogP contribution is -2.41. The van der Waals surface area contributed by atoms with E-state index in [1.165, 1.54) is 16.7 Å². The van der Waals surface area contributed by atoms with E-state index in [2.05, 4.69) is 37.4 Å². The number of phenols is 1. The topological polar surface area (TPSA) is 69.6 Å². The van der Waals surface area contributed by atoms with E-state index in [0.717, 1.165) is 6.42 Å². The highest BCUT2D eigenvalue weighted by Crippen LogP contribution is 2.25. The van der Waals surface area contributed by atoms with Crippen LogP contribution in [-0.4, -0.2) is 34.9 Å². The zero-order valence-electron chi connectivity index (χ0n) is 16.6. The average Bonchev–Trinajstić information content (AvgIpc) is 2.69. The van der Waals surface area contributed by atoms with Gasteiger partial charge in [-0.1, -0.05) is 35.9 Å². The number of amides is 2. The largest absolute Gasteiger partial charge is 0.506 e. The molecule has 2 aromatic carbocycles. The quantitative estimate of drug-likeness (QED) is 0.775. The normalized spacial score (nSPS) is 14.7. The second-order valence-electron chi connectivity index (χ2n) is 7.59. The second kappa shape index (κ2) is 8.91. The van der Waals surface area contributed by atoms with Gasteiger partial charge in [-0.2, -0.15) is 0 Å². The number of likely N-dealkylation sites (tertiary alicyclic amines) is 1. The van der Waals surface area contributed by atoms with Crippen LogP contribution in [0.1, 0.15) is 36.0 Å². The fourth-order valence-electron chi connectivity index (χ4n) is 3.73. The van der Waals surface area contributed by atoms with Gasteiger partial charge in [0.2, 0.25) is 11.8 Å². The molecule has 0 aliphatic carbocycles. The van der Waals surface area contributed by atoms with Crippen LogP contribution >= 0.6 is 0 Å². The molecule has 5 heteroatoms. The van der Waals surface area contributed by atoms with Gasteiger partial charge in [0.15, 0.2) is 0 Å². The zero-order valence-corrected chi connectivity index (χ0v) is 16.6. The zero-order chi connectivity index (χ0) is 20.1. The highest BCUT2D eigenvalue weighted by atomic mass is 16.3. The maximum atomic E-state index is 12.6. The molecule has 0 atom stereocenters. The molecular weight excluding hydrogens is 352 g/mol. The van der Waals surface area contributed by atoms with Gasteiger partial charge in [0.25, 0.3) is 0 Å². The lowest BCUT2D eigenvalue weighted by Gasteiger charge is -2.31. The summed E-state index contributed by atoms with van der Waals surface area (Å²) >= 11 is 0. The number of anilines is 1. The SMILES string of the molecule is Cc1ccc(CCC(=O)N2CCC(C(=O)Nc3ccccc3O)CC2)c(C)c1. The Morgan fingerprint density at radius 1 is 1.11 bits per heavy atom. The first-order chi connectivity index (χ1) is 13.4. The molecule has 0 radical (unpaired) electrons.